The molecule has 2 aliphatic heterocycles. The molecule has 0 saturated heterocycles. The van der Waals surface area contributed by atoms with Crippen LogP contribution < -0.4 is 9.47 Å². The van der Waals surface area contributed by atoms with E-state index in [0.717, 1.165) is 71.5 Å². The average molecular weight is 338 g/mol. The molecule has 1 aromatic carbocycles. The van der Waals surface area contributed by atoms with Crippen LogP contribution in [0.1, 0.15) is 22.7 Å². The molecule has 3 aromatic rings. The zero-order valence-corrected chi connectivity index (χ0v) is 13.9. The number of nitrogens with one attached hydrogen (secondary N) is 1. The lowest BCUT2D eigenvalue weighted by molar-refractivity contribution is 0.174. The first-order chi connectivity index (χ1) is 12.3. The van der Waals surface area contributed by atoms with Crippen LogP contribution in [0.4, 0.5) is 0 Å². The molecule has 0 aliphatic carbocycles. The molecule has 25 heavy (non-hydrogen) atoms. The van der Waals surface area contributed by atoms with Gasteiger partial charge in [0.15, 0.2) is 11.5 Å². The van der Waals surface area contributed by atoms with Gasteiger partial charge in [-0.25, -0.2) is 0 Å². The Labute approximate surface area is 144 Å². The number of aromatic nitrogens is 3. The Bertz CT molecular complexity index is 930. The summed E-state index contributed by atoms with van der Waals surface area (Å²) in [4.78, 5) is 2.37. The number of benzene rings is 1. The minimum absolute atomic E-state index is 0.270. The Morgan fingerprint density at radius 3 is 3.00 bits per heavy atom. The van der Waals surface area contributed by atoms with Gasteiger partial charge in [-0.1, -0.05) is 5.16 Å². The van der Waals surface area contributed by atoms with Gasteiger partial charge in [-0.15, -0.1) is 0 Å². The van der Waals surface area contributed by atoms with Crippen LogP contribution in [0.3, 0.4) is 0 Å². The largest absolute Gasteiger partial charge is 0.454 e. The predicted molar refractivity (Wildman–Crippen MR) is 89.2 cm³/mol. The van der Waals surface area contributed by atoms with Crippen LogP contribution in [0.2, 0.25) is 0 Å². The maximum absolute atomic E-state index is 5.59. The minimum atomic E-state index is 0.270. The van der Waals surface area contributed by atoms with Crippen molar-refractivity contribution in [3.63, 3.8) is 0 Å². The lowest BCUT2D eigenvalue weighted by atomic mass is 10.0. The molecule has 4 heterocycles. The molecule has 2 aliphatic rings. The number of hydrogen-bond acceptors (Lipinski definition) is 6. The summed E-state index contributed by atoms with van der Waals surface area (Å²) in [6.45, 7) is 4.84. The second-order valence-electron chi connectivity index (χ2n) is 6.50. The van der Waals surface area contributed by atoms with E-state index in [1.807, 2.05) is 25.1 Å². The van der Waals surface area contributed by atoms with Crippen molar-refractivity contribution >= 4 is 0 Å². The van der Waals surface area contributed by atoms with Crippen LogP contribution in [0.15, 0.2) is 28.8 Å². The Morgan fingerprint density at radius 1 is 1.20 bits per heavy atom. The molecule has 0 spiro atoms. The van der Waals surface area contributed by atoms with Gasteiger partial charge in [0, 0.05) is 42.9 Å². The van der Waals surface area contributed by atoms with Crippen LogP contribution in [0, 0.1) is 6.92 Å². The highest BCUT2D eigenvalue weighted by Gasteiger charge is 2.26. The quantitative estimate of drug-likeness (QED) is 0.791. The fourth-order valence-corrected chi connectivity index (χ4v) is 3.46. The van der Waals surface area contributed by atoms with Crippen molar-refractivity contribution in [1.29, 1.82) is 0 Å². The molecular weight excluding hydrogens is 320 g/mol. The highest BCUT2D eigenvalue weighted by atomic mass is 16.7. The SMILES string of the molecule is Cc1cc(CN2CCc3onc(-c4ccc5c(c4)OCO5)c3C2)n[nH]1. The standard InChI is InChI=1S/C18H18N4O3/c1-11-6-13(20-19-11)8-22-5-4-15-14(9-22)18(21-25-15)12-2-3-16-17(7-12)24-10-23-16/h2-3,6-7H,4-5,8-10H2,1H3,(H,19,20). The van der Waals surface area contributed by atoms with Crippen LogP contribution in [0.5, 0.6) is 11.5 Å². The molecule has 7 nitrogen and oxygen atoms in total. The molecule has 0 atom stereocenters. The van der Waals surface area contributed by atoms with Crippen molar-refractivity contribution in [2.24, 2.45) is 0 Å². The zero-order chi connectivity index (χ0) is 16.8. The highest BCUT2D eigenvalue weighted by Crippen LogP contribution is 2.38. The summed E-state index contributed by atoms with van der Waals surface area (Å²) in [5, 5.41) is 11.7. The first-order valence-electron chi connectivity index (χ1n) is 8.37. The van der Waals surface area contributed by atoms with Crippen LogP contribution in [-0.4, -0.2) is 33.6 Å². The summed E-state index contributed by atoms with van der Waals surface area (Å²) in [5.74, 6) is 2.51. The minimum Gasteiger partial charge on any atom is -0.454 e. The van der Waals surface area contributed by atoms with Crippen molar-refractivity contribution in [2.75, 3.05) is 13.3 Å². The summed E-state index contributed by atoms with van der Waals surface area (Å²) in [6.07, 6.45) is 0.857. The van der Waals surface area contributed by atoms with Gasteiger partial charge in [0.2, 0.25) is 6.79 Å². The molecule has 128 valence electrons. The molecule has 7 heteroatoms. The van der Waals surface area contributed by atoms with Crippen LogP contribution in [0.25, 0.3) is 11.3 Å². The third-order valence-corrected chi connectivity index (χ3v) is 4.70. The second-order valence-corrected chi connectivity index (χ2v) is 6.50. The lowest BCUT2D eigenvalue weighted by Crippen LogP contribution is -2.29. The maximum atomic E-state index is 5.59. The monoisotopic (exact) mass is 338 g/mol. The van der Waals surface area contributed by atoms with Gasteiger partial charge in [0.05, 0.1) is 5.69 Å². The van der Waals surface area contributed by atoms with E-state index in [4.69, 9.17) is 14.0 Å². The molecule has 0 fully saturated rings. The summed E-state index contributed by atoms with van der Waals surface area (Å²) in [7, 11) is 0. The molecule has 5 rings (SSSR count). The summed E-state index contributed by atoms with van der Waals surface area (Å²) < 4.78 is 16.5. The van der Waals surface area contributed by atoms with E-state index in [9.17, 15) is 0 Å². The molecule has 0 saturated carbocycles. The number of hydrogen-bond donors (Lipinski definition) is 1. The maximum Gasteiger partial charge on any atom is 0.231 e. The zero-order valence-electron chi connectivity index (χ0n) is 13.9. The van der Waals surface area contributed by atoms with Crippen molar-refractivity contribution in [3.8, 4) is 22.8 Å². The molecule has 1 N–H and O–H groups in total. The third kappa shape index (κ3) is 2.56. The second kappa shape index (κ2) is 5.63. The number of H-pyrrole nitrogens is 1. The van der Waals surface area contributed by atoms with Crippen molar-refractivity contribution in [3.05, 3.63) is 47.0 Å². The number of aryl methyl sites for hydroxylation is 1. The number of nitrogens with zero attached hydrogens (tertiary/aromatic N) is 3. The molecule has 0 bridgehead atoms. The van der Waals surface area contributed by atoms with Gasteiger partial charge >= 0.3 is 0 Å². The topological polar surface area (TPSA) is 76.4 Å². The molecule has 2 aromatic heterocycles. The van der Waals surface area contributed by atoms with Gasteiger partial charge in [-0.3, -0.25) is 10.00 Å². The Hall–Kier alpha value is -2.80. The highest BCUT2D eigenvalue weighted by molar-refractivity contribution is 5.67. The fraction of sp³-hybridized carbons (Fsp3) is 0.333. The van der Waals surface area contributed by atoms with E-state index < -0.39 is 0 Å². The van der Waals surface area contributed by atoms with Gasteiger partial charge < -0.3 is 14.0 Å². The smallest absolute Gasteiger partial charge is 0.231 e. The first-order valence-corrected chi connectivity index (χ1v) is 8.37. The molecule has 0 radical (unpaired) electrons. The van der Waals surface area contributed by atoms with Crippen molar-refractivity contribution in [1.82, 2.24) is 20.3 Å². The van der Waals surface area contributed by atoms with E-state index >= 15 is 0 Å². The van der Waals surface area contributed by atoms with Gasteiger partial charge in [0.25, 0.3) is 0 Å². The Kier molecular flexibility index (Phi) is 3.27. The average Bonchev–Trinajstić information content (AvgIpc) is 3.33. The van der Waals surface area contributed by atoms with Crippen LogP contribution >= 0.6 is 0 Å². The van der Waals surface area contributed by atoms with E-state index in [1.54, 1.807) is 0 Å². The van der Waals surface area contributed by atoms with Gasteiger partial charge in [-0.05, 0) is 31.2 Å². The number of aromatic amines is 1. The normalized spacial score (nSPS) is 16.2. The number of ether oxygens (including phenoxy) is 2. The number of fused-ring (bicyclic) bond motifs is 2. The molecule has 0 unspecified atom stereocenters. The van der Waals surface area contributed by atoms with Gasteiger partial charge in [0.1, 0.15) is 11.5 Å². The molecular formula is C18H18N4O3. The van der Waals surface area contributed by atoms with E-state index in [2.05, 4.69) is 26.3 Å². The number of rotatable bonds is 3. The van der Waals surface area contributed by atoms with Crippen LogP contribution in [-0.2, 0) is 19.5 Å². The third-order valence-electron chi connectivity index (χ3n) is 4.70. The summed E-state index contributed by atoms with van der Waals surface area (Å²) in [6, 6.07) is 7.98. The summed E-state index contributed by atoms with van der Waals surface area (Å²) >= 11 is 0. The lowest BCUT2D eigenvalue weighted by Gasteiger charge is -2.25. The van der Waals surface area contributed by atoms with E-state index in [0.29, 0.717) is 0 Å². The van der Waals surface area contributed by atoms with Crippen molar-refractivity contribution in [2.45, 2.75) is 26.4 Å². The summed E-state index contributed by atoms with van der Waals surface area (Å²) in [5.41, 5.74) is 5.17. The Balaban J connectivity index is 1.42. The Morgan fingerprint density at radius 2 is 2.12 bits per heavy atom. The fourth-order valence-electron chi connectivity index (χ4n) is 3.46. The van der Waals surface area contributed by atoms with Crippen molar-refractivity contribution < 1.29 is 14.0 Å². The predicted octanol–water partition coefficient (Wildman–Crippen LogP) is 2.66. The van der Waals surface area contributed by atoms with E-state index in [1.165, 1.54) is 0 Å². The van der Waals surface area contributed by atoms with E-state index in [-0.39, 0.29) is 6.79 Å². The van der Waals surface area contributed by atoms with Gasteiger partial charge in [-0.2, -0.15) is 5.10 Å². The molecule has 0 amide bonds. The first kappa shape index (κ1) is 14.5.